The maximum atomic E-state index is 13.9. The molecule has 0 saturated heterocycles. The predicted molar refractivity (Wildman–Crippen MR) is 60.6 cm³/mol. The Bertz CT molecular complexity index is 622. The van der Waals surface area contributed by atoms with Crippen LogP contribution in [0.4, 0.5) is 4.39 Å². The molecule has 1 radical (unpaired) electrons. The van der Waals surface area contributed by atoms with Crippen molar-refractivity contribution in [1.29, 1.82) is 0 Å². The van der Waals surface area contributed by atoms with Gasteiger partial charge >= 0.3 is 5.69 Å². The van der Waals surface area contributed by atoms with Crippen molar-refractivity contribution in [2.75, 3.05) is 6.61 Å². The van der Waals surface area contributed by atoms with Gasteiger partial charge in [-0.25, -0.2) is 9.18 Å². The van der Waals surface area contributed by atoms with Crippen molar-refractivity contribution in [2.24, 2.45) is 0 Å². The number of aryl methyl sites for hydroxylation is 1. The van der Waals surface area contributed by atoms with E-state index < -0.39 is 35.8 Å². The molecule has 0 spiro atoms. The van der Waals surface area contributed by atoms with Crippen LogP contribution in [-0.4, -0.2) is 32.5 Å². The van der Waals surface area contributed by atoms with E-state index in [0.717, 1.165) is 4.57 Å². The molecular weight excluding hydrogens is 332 g/mol. The molecule has 0 bridgehead atoms. The molecule has 1 aliphatic rings. The van der Waals surface area contributed by atoms with E-state index in [-0.39, 0.29) is 43.8 Å². The molecule has 2 atom stereocenters. The molecule has 0 aromatic carbocycles. The first kappa shape index (κ1) is 16.4. The molecule has 0 unspecified atom stereocenters. The Morgan fingerprint density at radius 1 is 1.53 bits per heavy atom. The van der Waals surface area contributed by atoms with Gasteiger partial charge in [-0.05, 0) is 24.6 Å². The van der Waals surface area contributed by atoms with Crippen LogP contribution >= 0.6 is 0 Å². The normalized spacial score (nSPS) is 22.5. The Morgan fingerprint density at radius 3 is 2.68 bits per heavy atom. The molecule has 0 amide bonds. The zero-order valence-corrected chi connectivity index (χ0v) is 13.0. The number of aliphatic hydroxyl groups is 2. The SMILES string of the molecule is Cc1cn([C@H]2[CH-][C@H](O)C(CO)=C2F)c(=O)[nH]c1=O.[Y]. The van der Waals surface area contributed by atoms with Crippen molar-refractivity contribution in [3.05, 3.63) is 50.4 Å². The zero-order chi connectivity index (χ0) is 13.4. The average Bonchev–Trinajstić information content (AvgIpc) is 2.59. The zero-order valence-electron chi connectivity index (χ0n) is 10.1. The van der Waals surface area contributed by atoms with Crippen LogP contribution < -0.4 is 11.2 Å². The Balaban J connectivity index is 0.00000180. The standard InChI is InChI=1S/C11H12FN2O4.Y/c1-5-3-14(11(18)13-10(5)17)7-2-8(16)6(4-15)9(7)12;/h2-3,7-8,15-16H,4H2,1H3,(H,13,17,18);/q-1;/t7-,8-;/m0./s1. The van der Waals surface area contributed by atoms with Crippen LogP contribution in [0.15, 0.2) is 27.2 Å². The fourth-order valence-corrected chi connectivity index (χ4v) is 1.88. The molecule has 3 N–H and O–H groups in total. The number of H-pyrrole nitrogens is 1. The summed E-state index contributed by atoms with van der Waals surface area (Å²) in [4.78, 5) is 24.8. The molecule has 6 nitrogen and oxygen atoms in total. The van der Waals surface area contributed by atoms with Gasteiger partial charge in [-0.15, -0.1) is 0 Å². The fraction of sp³-hybridized carbons (Fsp3) is 0.364. The number of rotatable bonds is 2. The Morgan fingerprint density at radius 2 is 2.16 bits per heavy atom. The second-order valence-electron chi connectivity index (χ2n) is 4.09. The second-order valence-corrected chi connectivity index (χ2v) is 4.09. The Labute approximate surface area is 132 Å². The maximum absolute atomic E-state index is 13.9. The monoisotopic (exact) mass is 344 g/mol. The van der Waals surface area contributed by atoms with Crippen molar-refractivity contribution < 1.29 is 47.3 Å². The van der Waals surface area contributed by atoms with Crippen molar-refractivity contribution in [3.63, 3.8) is 0 Å². The predicted octanol–water partition coefficient (Wildman–Crippen LogP) is -0.822. The van der Waals surface area contributed by atoms with Gasteiger partial charge in [-0.3, -0.25) is 16.2 Å². The van der Waals surface area contributed by atoms with Crippen LogP contribution in [-0.2, 0) is 32.7 Å². The molecule has 0 fully saturated rings. The summed E-state index contributed by atoms with van der Waals surface area (Å²) in [6, 6.07) is -1.11. The third-order valence-corrected chi connectivity index (χ3v) is 2.90. The summed E-state index contributed by atoms with van der Waals surface area (Å²) in [5, 5.41) is 18.4. The number of aromatic amines is 1. The first-order chi connectivity index (χ1) is 8.45. The third-order valence-electron chi connectivity index (χ3n) is 2.90. The largest absolute Gasteiger partial charge is 0.421 e. The molecule has 1 aromatic rings. The molecule has 1 aliphatic carbocycles. The van der Waals surface area contributed by atoms with Crippen molar-refractivity contribution in [2.45, 2.75) is 19.1 Å². The van der Waals surface area contributed by atoms with E-state index in [0.29, 0.717) is 0 Å². The van der Waals surface area contributed by atoms with Crippen LogP contribution in [0.2, 0.25) is 0 Å². The van der Waals surface area contributed by atoms with Gasteiger partial charge < -0.3 is 14.8 Å². The van der Waals surface area contributed by atoms with Gasteiger partial charge in [0, 0.05) is 44.5 Å². The number of nitrogens with one attached hydrogen (secondary N) is 1. The van der Waals surface area contributed by atoms with Gasteiger partial charge in [0.2, 0.25) is 0 Å². The van der Waals surface area contributed by atoms with E-state index in [1.807, 2.05) is 0 Å². The molecule has 8 heteroatoms. The number of allylic oxidation sites excluding steroid dienone is 1. The van der Waals surface area contributed by atoms with Gasteiger partial charge in [0.05, 0.1) is 12.4 Å². The molecule has 2 rings (SSSR count). The number of nitrogens with zero attached hydrogens (tertiary/aromatic N) is 1. The number of hydrogen-bond acceptors (Lipinski definition) is 4. The Kier molecular flexibility index (Phi) is 5.37. The summed E-state index contributed by atoms with van der Waals surface area (Å²) < 4.78 is 14.8. The van der Waals surface area contributed by atoms with E-state index in [1.165, 1.54) is 19.5 Å². The second kappa shape index (κ2) is 6.22. The molecular formula is C11H12FN2O4Y-. The van der Waals surface area contributed by atoms with Gasteiger partial charge in [-0.2, -0.15) is 0 Å². The number of hydrogen-bond donors (Lipinski definition) is 3. The van der Waals surface area contributed by atoms with Crippen LogP contribution in [0.3, 0.4) is 0 Å². The molecule has 101 valence electrons. The molecule has 0 aliphatic heterocycles. The summed E-state index contributed by atoms with van der Waals surface area (Å²) in [6.45, 7) is 0.853. The minimum atomic E-state index is -1.24. The van der Waals surface area contributed by atoms with E-state index in [9.17, 15) is 19.1 Å². The molecule has 1 heterocycles. The summed E-state index contributed by atoms with van der Waals surface area (Å²) in [6.07, 6.45) is 1.16. The van der Waals surface area contributed by atoms with E-state index in [4.69, 9.17) is 5.11 Å². The number of aliphatic hydroxyl groups excluding tert-OH is 2. The van der Waals surface area contributed by atoms with Crippen LogP contribution in [0.5, 0.6) is 0 Å². The number of aromatic nitrogens is 2. The maximum Gasteiger partial charge on any atom is 0.326 e. The van der Waals surface area contributed by atoms with Crippen LogP contribution in [0.25, 0.3) is 0 Å². The quantitative estimate of drug-likeness (QED) is 0.611. The molecule has 1 aromatic heterocycles. The minimum Gasteiger partial charge on any atom is -0.421 e. The summed E-state index contributed by atoms with van der Waals surface area (Å²) >= 11 is 0. The smallest absolute Gasteiger partial charge is 0.326 e. The average molecular weight is 344 g/mol. The Hall–Kier alpha value is -0.626. The summed E-state index contributed by atoms with van der Waals surface area (Å²) in [5.41, 5.74) is -1.23. The first-order valence-corrected chi connectivity index (χ1v) is 5.30. The van der Waals surface area contributed by atoms with E-state index in [2.05, 4.69) is 4.98 Å². The third kappa shape index (κ3) is 2.94. The summed E-state index contributed by atoms with van der Waals surface area (Å²) in [7, 11) is 0. The minimum absolute atomic E-state index is 0. The summed E-state index contributed by atoms with van der Waals surface area (Å²) in [5.74, 6) is -0.779. The molecule has 0 saturated carbocycles. The van der Waals surface area contributed by atoms with Gasteiger partial charge in [-0.1, -0.05) is 0 Å². The van der Waals surface area contributed by atoms with E-state index >= 15 is 0 Å². The first-order valence-electron chi connectivity index (χ1n) is 5.30. The van der Waals surface area contributed by atoms with Crippen LogP contribution in [0.1, 0.15) is 11.6 Å². The topological polar surface area (TPSA) is 95.3 Å². The van der Waals surface area contributed by atoms with Gasteiger partial charge in [0.25, 0.3) is 5.56 Å². The van der Waals surface area contributed by atoms with Crippen molar-refractivity contribution in [1.82, 2.24) is 9.55 Å². The van der Waals surface area contributed by atoms with Crippen molar-refractivity contribution in [3.8, 4) is 0 Å². The van der Waals surface area contributed by atoms with Gasteiger partial charge in [0.1, 0.15) is 0 Å². The molecule has 19 heavy (non-hydrogen) atoms. The van der Waals surface area contributed by atoms with Gasteiger partial charge in [0.15, 0.2) is 0 Å². The van der Waals surface area contributed by atoms with Crippen molar-refractivity contribution >= 4 is 0 Å². The fourth-order valence-electron chi connectivity index (χ4n) is 1.88. The van der Waals surface area contributed by atoms with E-state index in [1.54, 1.807) is 0 Å². The van der Waals surface area contributed by atoms with Crippen LogP contribution in [0, 0.1) is 13.3 Å². The number of halogens is 1.